The number of benzene rings is 1. The fourth-order valence-corrected chi connectivity index (χ4v) is 4.23. The highest BCUT2D eigenvalue weighted by Crippen LogP contribution is 2.43. The Morgan fingerprint density at radius 2 is 2.04 bits per heavy atom. The molecule has 0 radical (unpaired) electrons. The molecule has 140 valence electrons. The Bertz CT molecular complexity index is 599. The minimum Gasteiger partial charge on any atom is -0.496 e. The molecule has 2 unspecified atom stereocenters. The van der Waals surface area contributed by atoms with E-state index in [1.165, 1.54) is 0 Å². The summed E-state index contributed by atoms with van der Waals surface area (Å²) >= 11 is 0. The molecule has 1 saturated carbocycles. The van der Waals surface area contributed by atoms with Gasteiger partial charge < -0.3 is 15.4 Å². The van der Waals surface area contributed by atoms with Crippen LogP contribution in [0.3, 0.4) is 0 Å². The highest BCUT2D eigenvalue weighted by Gasteiger charge is 2.44. The van der Waals surface area contributed by atoms with Gasteiger partial charge in [-0.25, -0.2) is 0 Å². The van der Waals surface area contributed by atoms with Crippen molar-refractivity contribution >= 4 is 18.3 Å². The van der Waals surface area contributed by atoms with Crippen molar-refractivity contribution in [2.45, 2.75) is 57.4 Å². The molecule has 4 nitrogen and oxygen atoms in total. The summed E-state index contributed by atoms with van der Waals surface area (Å²) in [5, 5.41) is 6.76. The zero-order valence-electron chi connectivity index (χ0n) is 15.6. The van der Waals surface area contributed by atoms with Crippen molar-refractivity contribution in [3.8, 4) is 5.75 Å². The van der Waals surface area contributed by atoms with Crippen LogP contribution in [-0.2, 0) is 10.2 Å². The number of ether oxygens (including phenoxy) is 1. The Balaban J connectivity index is 0.00000225. The lowest BCUT2D eigenvalue weighted by atomic mass is 9.77. The maximum absolute atomic E-state index is 13.3. The van der Waals surface area contributed by atoms with Gasteiger partial charge in [-0.05, 0) is 55.8 Å². The second kappa shape index (κ2) is 8.41. The molecular formula is C20H31ClN2O2. The van der Waals surface area contributed by atoms with Gasteiger partial charge in [0.1, 0.15) is 5.75 Å². The van der Waals surface area contributed by atoms with Gasteiger partial charge in [-0.15, -0.1) is 12.4 Å². The van der Waals surface area contributed by atoms with E-state index in [2.05, 4.69) is 35.8 Å². The number of amides is 1. The third-order valence-electron chi connectivity index (χ3n) is 6.00. The van der Waals surface area contributed by atoms with Crippen molar-refractivity contribution < 1.29 is 9.53 Å². The largest absolute Gasteiger partial charge is 0.496 e. The van der Waals surface area contributed by atoms with Gasteiger partial charge in [0.25, 0.3) is 0 Å². The van der Waals surface area contributed by atoms with Gasteiger partial charge in [-0.1, -0.05) is 31.9 Å². The molecule has 2 fully saturated rings. The average Bonchev–Trinajstić information content (AvgIpc) is 3.08. The Morgan fingerprint density at radius 1 is 1.32 bits per heavy atom. The molecule has 5 heteroatoms. The molecule has 1 saturated heterocycles. The molecule has 2 N–H and O–H groups in total. The van der Waals surface area contributed by atoms with E-state index in [0.29, 0.717) is 5.92 Å². The van der Waals surface area contributed by atoms with Gasteiger partial charge in [0.15, 0.2) is 0 Å². The third-order valence-corrected chi connectivity index (χ3v) is 6.00. The molecule has 1 aliphatic carbocycles. The molecule has 1 aromatic rings. The highest BCUT2D eigenvalue weighted by atomic mass is 35.5. The first-order valence-corrected chi connectivity index (χ1v) is 9.23. The summed E-state index contributed by atoms with van der Waals surface area (Å²) in [5.41, 5.74) is 1.83. The van der Waals surface area contributed by atoms with E-state index in [1.54, 1.807) is 7.11 Å². The number of rotatable bonds is 4. The highest BCUT2D eigenvalue weighted by molar-refractivity contribution is 5.89. The van der Waals surface area contributed by atoms with Gasteiger partial charge in [-0.2, -0.15) is 0 Å². The third kappa shape index (κ3) is 3.95. The minimum atomic E-state index is -0.391. The van der Waals surface area contributed by atoms with Crippen molar-refractivity contribution in [2.75, 3.05) is 20.2 Å². The molecule has 3 rings (SSSR count). The van der Waals surface area contributed by atoms with Gasteiger partial charge in [0.2, 0.25) is 5.91 Å². The predicted molar refractivity (Wildman–Crippen MR) is 104 cm³/mol. The number of carbonyl (C=O) groups is 1. The van der Waals surface area contributed by atoms with Crippen molar-refractivity contribution in [3.63, 3.8) is 0 Å². The second-order valence-corrected chi connectivity index (χ2v) is 7.52. The standard InChI is InChI=1S/C20H30N2O2.ClH/c1-14-8-11-21-13-17(14)22-19(23)20(9-4-5-10-20)16-7-6-15(2)18(12-16)24-3;/h6-7,12,14,17,21H,4-5,8-11,13H2,1-3H3,(H,22,23);1H. The van der Waals surface area contributed by atoms with Crippen molar-refractivity contribution in [2.24, 2.45) is 5.92 Å². The average molecular weight is 367 g/mol. The summed E-state index contributed by atoms with van der Waals surface area (Å²) in [6.07, 6.45) is 5.21. The van der Waals surface area contributed by atoms with Gasteiger partial charge in [-0.3, -0.25) is 4.79 Å². The van der Waals surface area contributed by atoms with Crippen LogP contribution < -0.4 is 15.4 Å². The number of hydrogen-bond donors (Lipinski definition) is 2. The van der Waals surface area contributed by atoms with Crippen LogP contribution in [0.1, 0.15) is 50.2 Å². The SMILES string of the molecule is COc1cc(C2(C(=O)NC3CNCCC3C)CCCC2)ccc1C.Cl. The second-order valence-electron chi connectivity index (χ2n) is 7.52. The van der Waals surface area contributed by atoms with E-state index in [9.17, 15) is 4.79 Å². The van der Waals surface area contributed by atoms with Gasteiger partial charge in [0, 0.05) is 12.6 Å². The maximum atomic E-state index is 13.3. The molecule has 1 amide bonds. The normalized spacial score (nSPS) is 25.1. The molecule has 0 spiro atoms. The van der Waals surface area contributed by atoms with E-state index in [1.807, 2.05) is 6.92 Å². The number of nitrogens with one attached hydrogen (secondary N) is 2. The molecule has 2 aliphatic rings. The van der Waals surface area contributed by atoms with E-state index >= 15 is 0 Å². The number of carbonyl (C=O) groups excluding carboxylic acids is 1. The van der Waals surface area contributed by atoms with Crippen LogP contribution in [0.4, 0.5) is 0 Å². The summed E-state index contributed by atoms with van der Waals surface area (Å²) < 4.78 is 5.50. The zero-order chi connectivity index (χ0) is 17.2. The summed E-state index contributed by atoms with van der Waals surface area (Å²) in [4.78, 5) is 13.3. The fraction of sp³-hybridized carbons (Fsp3) is 0.650. The molecule has 25 heavy (non-hydrogen) atoms. The fourth-order valence-electron chi connectivity index (χ4n) is 4.23. The minimum absolute atomic E-state index is 0. The van der Waals surface area contributed by atoms with Crippen molar-refractivity contribution in [1.82, 2.24) is 10.6 Å². The quantitative estimate of drug-likeness (QED) is 0.859. The smallest absolute Gasteiger partial charge is 0.230 e. The van der Waals surface area contributed by atoms with Crippen LogP contribution in [0.5, 0.6) is 5.75 Å². The van der Waals surface area contributed by atoms with Crippen molar-refractivity contribution in [3.05, 3.63) is 29.3 Å². The van der Waals surface area contributed by atoms with Gasteiger partial charge in [0.05, 0.1) is 12.5 Å². The first-order valence-electron chi connectivity index (χ1n) is 9.23. The van der Waals surface area contributed by atoms with E-state index in [0.717, 1.165) is 62.1 Å². The Kier molecular flexibility index (Phi) is 6.75. The number of piperidine rings is 1. The Labute approximate surface area is 157 Å². The summed E-state index contributed by atoms with van der Waals surface area (Å²) in [6, 6.07) is 6.50. The molecule has 0 aromatic heterocycles. The summed E-state index contributed by atoms with van der Waals surface area (Å²) in [6.45, 7) is 6.20. The molecular weight excluding hydrogens is 336 g/mol. The van der Waals surface area contributed by atoms with Crippen LogP contribution in [0.25, 0.3) is 0 Å². The number of hydrogen-bond acceptors (Lipinski definition) is 3. The van der Waals surface area contributed by atoms with Crippen molar-refractivity contribution in [1.29, 1.82) is 0 Å². The molecule has 1 aliphatic heterocycles. The first kappa shape index (κ1) is 20.1. The molecule has 1 heterocycles. The van der Waals surface area contributed by atoms with E-state index in [4.69, 9.17) is 4.74 Å². The molecule has 0 bridgehead atoms. The van der Waals surface area contributed by atoms with E-state index < -0.39 is 5.41 Å². The topological polar surface area (TPSA) is 50.4 Å². The van der Waals surface area contributed by atoms with Crippen LogP contribution in [-0.4, -0.2) is 32.1 Å². The Hall–Kier alpha value is -1.26. The molecule has 2 atom stereocenters. The number of halogens is 1. The van der Waals surface area contributed by atoms with Gasteiger partial charge >= 0.3 is 0 Å². The van der Waals surface area contributed by atoms with Crippen LogP contribution >= 0.6 is 12.4 Å². The lowest BCUT2D eigenvalue weighted by Crippen LogP contribution is -2.54. The zero-order valence-corrected chi connectivity index (χ0v) is 16.4. The summed E-state index contributed by atoms with van der Waals surface area (Å²) in [7, 11) is 1.70. The maximum Gasteiger partial charge on any atom is 0.230 e. The van der Waals surface area contributed by atoms with Crippen LogP contribution in [0, 0.1) is 12.8 Å². The lowest BCUT2D eigenvalue weighted by molar-refractivity contribution is -0.127. The number of methoxy groups -OCH3 is 1. The molecule has 1 aromatic carbocycles. The van der Waals surface area contributed by atoms with E-state index in [-0.39, 0.29) is 24.4 Å². The monoisotopic (exact) mass is 366 g/mol. The Morgan fingerprint density at radius 3 is 2.68 bits per heavy atom. The number of aryl methyl sites for hydroxylation is 1. The predicted octanol–water partition coefficient (Wildman–Crippen LogP) is 3.35. The first-order chi connectivity index (χ1) is 11.6. The van der Waals surface area contributed by atoms with Crippen LogP contribution in [0.15, 0.2) is 18.2 Å². The summed E-state index contributed by atoms with van der Waals surface area (Å²) in [5.74, 6) is 1.60. The lowest BCUT2D eigenvalue weighted by Gasteiger charge is -2.35. The van der Waals surface area contributed by atoms with Crippen LogP contribution in [0.2, 0.25) is 0 Å².